The number of carbonyl (C=O) groups excluding carboxylic acids is 2. The SMILES string of the molecule is CNC(=O)CCN(C)c1nccc(C(=O)OC)c1N. The van der Waals surface area contributed by atoms with Crippen molar-refractivity contribution in [2.24, 2.45) is 0 Å². The Balaban J connectivity index is 2.88. The summed E-state index contributed by atoms with van der Waals surface area (Å²) in [6, 6.07) is 1.50. The minimum atomic E-state index is -0.513. The van der Waals surface area contributed by atoms with Gasteiger partial charge in [-0.05, 0) is 6.07 Å². The van der Waals surface area contributed by atoms with Crippen LogP contribution in [0.4, 0.5) is 11.5 Å². The highest BCUT2D eigenvalue weighted by molar-refractivity contribution is 5.97. The first-order chi connectivity index (χ1) is 9.01. The van der Waals surface area contributed by atoms with E-state index in [0.29, 0.717) is 18.8 Å². The second-order valence-electron chi connectivity index (χ2n) is 3.93. The first-order valence-corrected chi connectivity index (χ1v) is 5.75. The zero-order chi connectivity index (χ0) is 14.4. The van der Waals surface area contributed by atoms with Crippen molar-refractivity contribution in [3.8, 4) is 0 Å². The highest BCUT2D eigenvalue weighted by Crippen LogP contribution is 2.23. The fourth-order valence-corrected chi connectivity index (χ4v) is 1.55. The van der Waals surface area contributed by atoms with Crippen molar-refractivity contribution in [1.29, 1.82) is 0 Å². The van der Waals surface area contributed by atoms with E-state index < -0.39 is 5.97 Å². The van der Waals surface area contributed by atoms with Crippen molar-refractivity contribution >= 4 is 23.4 Å². The predicted molar refractivity (Wildman–Crippen MR) is 71.9 cm³/mol. The molecule has 0 aliphatic carbocycles. The van der Waals surface area contributed by atoms with Gasteiger partial charge in [0.15, 0.2) is 5.82 Å². The fraction of sp³-hybridized carbons (Fsp3) is 0.417. The van der Waals surface area contributed by atoms with E-state index in [4.69, 9.17) is 5.73 Å². The number of hydrogen-bond acceptors (Lipinski definition) is 6. The van der Waals surface area contributed by atoms with Crippen LogP contribution >= 0.6 is 0 Å². The summed E-state index contributed by atoms with van der Waals surface area (Å²) < 4.78 is 4.64. The summed E-state index contributed by atoms with van der Waals surface area (Å²) in [5.41, 5.74) is 6.40. The van der Waals surface area contributed by atoms with Crippen LogP contribution in [-0.4, -0.2) is 44.6 Å². The van der Waals surface area contributed by atoms with Crippen LogP contribution in [0.25, 0.3) is 0 Å². The zero-order valence-electron chi connectivity index (χ0n) is 11.3. The normalized spacial score (nSPS) is 9.84. The molecule has 0 spiro atoms. The van der Waals surface area contributed by atoms with Crippen molar-refractivity contribution in [2.75, 3.05) is 38.4 Å². The maximum atomic E-state index is 11.5. The number of hydrogen-bond donors (Lipinski definition) is 2. The molecule has 0 fully saturated rings. The molecule has 0 aliphatic heterocycles. The average Bonchev–Trinajstić information content (AvgIpc) is 2.43. The molecule has 0 radical (unpaired) electrons. The van der Waals surface area contributed by atoms with Gasteiger partial charge in [0.05, 0.1) is 18.4 Å². The molecule has 0 aromatic carbocycles. The molecule has 0 aliphatic rings. The third-order valence-electron chi connectivity index (χ3n) is 2.69. The maximum Gasteiger partial charge on any atom is 0.340 e. The number of anilines is 2. The van der Waals surface area contributed by atoms with Crippen LogP contribution in [0.5, 0.6) is 0 Å². The second kappa shape index (κ2) is 6.58. The van der Waals surface area contributed by atoms with Gasteiger partial charge < -0.3 is 20.7 Å². The molecule has 0 unspecified atom stereocenters. The molecule has 1 rings (SSSR count). The lowest BCUT2D eigenvalue weighted by atomic mass is 10.2. The van der Waals surface area contributed by atoms with E-state index >= 15 is 0 Å². The molecule has 0 atom stereocenters. The topological polar surface area (TPSA) is 97.5 Å². The van der Waals surface area contributed by atoms with Gasteiger partial charge in [-0.1, -0.05) is 0 Å². The summed E-state index contributed by atoms with van der Waals surface area (Å²) >= 11 is 0. The molecular weight excluding hydrogens is 248 g/mol. The van der Waals surface area contributed by atoms with Crippen molar-refractivity contribution in [3.63, 3.8) is 0 Å². The van der Waals surface area contributed by atoms with Crippen LogP contribution in [0.2, 0.25) is 0 Å². The van der Waals surface area contributed by atoms with E-state index in [2.05, 4.69) is 15.0 Å². The van der Waals surface area contributed by atoms with Gasteiger partial charge in [-0.3, -0.25) is 4.79 Å². The van der Waals surface area contributed by atoms with Crippen molar-refractivity contribution < 1.29 is 14.3 Å². The molecule has 1 amide bonds. The fourth-order valence-electron chi connectivity index (χ4n) is 1.55. The van der Waals surface area contributed by atoms with E-state index in [9.17, 15) is 9.59 Å². The molecule has 0 bridgehead atoms. The lowest BCUT2D eigenvalue weighted by molar-refractivity contribution is -0.120. The van der Waals surface area contributed by atoms with Crippen molar-refractivity contribution in [3.05, 3.63) is 17.8 Å². The Morgan fingerprint density at radius 1 is 1.53 bits per heavy atom. The van der Waals surface area contributed by atoms with Gasteiger partial charge in [0.1, 0.15) is 0 Å². The third-order valence-corrected chi connectivity index (χ3v) is 2.69. The van der Waals surface area contributed by atoms with Gasteiger partial charge >= 0.3 is 5.97 Å². The standard InChI is InChI=1S/C12H18N4O3/c1-14-9(17)5-7-16(2)11-10(13)8(4-6-15-11)12(18)19-3/h4,6H,5,7,13H2,1-3H3,(H,14,17). The Morgan fingerprint density at radius 3 is 2.79 bits per heavy atom. The highest BCUT2D eigenvalue weighted by Gasteiger charge is 2.16. The first-order valence-electron chi connectivity index (χ1n) is 5.75. The van der Waals surface area contributed by atoms with Gasteiger partial charge in [0.2, 0.25) is 5.91 Å². The van der Waals surface area contributed by atoms with Crippen LogP contribution in [0.15, 0.2) is 12.3 Å². The number of esters is 1. The largest absolute Gasteiger partial charge is 0.465 e. The van der Waals surface area contributed by atoms with Crippen LogP contribution in [0, 0.1) is 0 Å². The van der Waals surface area contributed by atoms with Gasteiger partial charge in [-0.2, -0.15) is 0 Å². The molecule has 3 N–H and O–H groups in total. The Morgan fingerprint density at radius 2 is 2.21 bits per heavy atom. The van der Waals surface area contributed by atoms with E-state index in [-0.39, 0.29) is 17.2 Å². The molecule has 104 valence electrons. The van der Waals surface area contributed by atoms with E-state index in [1.54, 1.807) is 19.0 Å². The Kier molecular flexibility index (Phi) is 5.11. The highest BCUT2D eigenvalue weighted by atomic mass is 16.5. The molecule has 1 heterocycles. The molecule has 19 heavy (non-hydrogen) atoms. The molecule has 1 aromatic heterocycles. The average molecular weight is 266 g/mol. The molecule has 7 nitrogen and oxygen atoms in total. The minimum absolute atomic E-state index is 0.0745. The predicted octanol–water partition coefficient (Wildman–Crippen LogP) is 0.0227. The molecular formula is C12H18N4O3. The molecule has 0 saturated carbocycles. The smallest absolute Gasteiger partial charge is 0.340 e. The molecule has 0 saturated heterocycles. The van der Waals surface area contributed by atoms with Gasteiger partial charge in [-0.25, -0.2) is 9.78 Å². The van der Waals surface area contributed by atoms with Crippen molar-refractivity contribution in [1.82, 2.24) is 10.3 Å². The number of carbonyl (C=O) groups is 2. The molecule has 1 aromatic rings. The maximum absolute atomic E-state index is 11.5. The quantitative estimate of drug-likeness (QED) is 0.729. The lowest BCUT2D eigenvalue weighted by Gasteiger charge is -2.20. The van der Waals surface area contributed by atoms with Crippen LogP contribution < -0.4 is 16.0 Å². The van der Waals surface area contributed by atoms with Crippen LogP contribution in [0.3, 0.4) is 0 Å². The minimum Gasteiger partial charge on any atom is -0.465 e. The number of nitrogens with zero attached hydrogens (tertiary/aromatic N) is 2. The van der Waals surface area contributed by atoms with Gasteiger partial charge in [0, 0.05) is 33.3 Å². The van der Waals surface area contributed by atoms with E-state index in [1.807, 2.05) is 0 Å². The summed E-state index contributed by atoms with van der Waals surface area (Å²) in [5, 5.41) is 2.53. The summed E-state index contributed by atoms with van der Waals surface area (Å²) in [7, 11) is 4.62. The summed E-state index contributed by atoms with van der Waals surface area (Å²) in [6.45, 7) is 0.446. The number of nitrogen functional groups attached to an aromatic ring is 1. The number of amides is 1. The number of aromatic nitrogens is 1. The summed E-state index contributed by atoms with van der Waals surface area (Å²) in [6.07, 6.45) is 1.80. The summed E-state index contributed by atoms with van der Waals surface area (Å²) in [5.74, 6) is -0.137. The van der Waals surface area contributed by atoms with Crippen LogP contribution in [0.1, 0.15) is 16.8 Å². The number of methoxy groups -OCH3 is 1. The number of pyridine rings is 1. The number of rotatable bonds is 5. The van der Waals surface area contributed by atoms with E-state index in [0.717, 1.165) is 0 Å². The van der Waals surface area contributed by atoms with E-state index in [1.165, 1.54) is 19.4 Å². The molecule has 7 heteroatoms. The van der Waals surface area contributed by atoms with Gasteiger partial charge in [0.25, 0.3) is 0 Å². The number of nitrogens with one attached hydrogen (secondary N) is 1. The lowest BCUT2D eigenvalue weighted by Crippen LogP contribution is -2.27. The Labute approximate surface area is 111 Å². The zero-order valence-corrected chi connectivity index (χ0v) is 11.3. The van der Waals surface area contributed by atoms with Gasteiger partial charge in [-0.15, -0.1) is 0 Å². The monoisotopic (exact) mass is 266 g/mol. The van der Waals surface area contributed by atoms with Crippen LogP contribution in [-0.2, 0) is 9.53 Å². The summed E-state index contributed by atoms with van der Waals surface area (Å²) in [4.78, 5) is 28.5. The number of ether oxygens (including phenoxy) is 1. The van der Waals surface area contributed by atoms with Crippen molar-refractivity contribution in [2.45, 2.75) is 6.42 Å². The Hall–Kier alpha value is -2.31. The third kappa shape index (κ3) is 3.57. The first kappa shape index (κ1) is 14.7. The number of nitrogens with two attached hydrogens (primary N) is 1. The second-order valence-corrected chi connectivity index (χ2v) is 3.93. The Bertz CT molecular complexity index is 476.